The number of allylic oxidation sites excluding steroid dienone is 1. The Labute approximate surface area is 494 Å². The summed E-state index contributed by atoms with van der Waals surface area (Å²) in [4.78, 5) is 25.8. The predicted octanol–water partition coefficient (Wildman–Crippen LogP) is 10.4. The van der Waals surface area contributed by atoms with E-state index in [1.165, 1.54) is 146 Å². The monoisotopic (exact) mass is 1160 g/mol. The number of carboxylic acids is 1. The van der Waals surface area contributed by atoms with E-state index in [4.69, 9.17) is 18.9 Å². The van der Waals surface area contributed by atoms with E-state index in [1.54, 1.807) is 0 Å². The summed E-state index contributed by atoms with van der Waals surface area (Å²) in [6.07, 6.45) is 28.2. The Bertz CT molecular complexity index is 3180. The number of carboxylic acid groups (broad SMARTS) is 1. The lowest BCUT2D eigenvalue weighted by molar-refractivity contribution is -0.349. The number of rotatable bonds is 8. The lowest BCUT2D eigenvalue weighted by Crippen LogP contribution is -2.81. The molecule has 456 valence electrons. The highest BCUT2D eigenvalue weighted by Crippen LogP contribution is 2.80. The average molecular weight is 1160 g/mol. The van der Waals surface area contributed by atoms with Crippen LogP contribution in [-0.4, -0.2) is 121 Å². The molecule has 4 heterocycles. The van der Waals surface area contributed by atoms with Gasteiger partial charge in [0.1, 0.15) is 41.2 Å². The Morgan fingerprint density at radius 2 is 1.51 bits per heavy atom. The number of hydrazine groups is 1. The number of hydrogen-bond donors (Lipinski definition) is 9. The van der Waals surface area contributed by atoms with Gasteiger partial charge < -0.3 is 54.7 Å². The second kappa shape index (κ2) is 18.7. The van der Waals surface area contributed by atoms with Crippen LogP contribution < -0.4 is 15.6 Å². The molecular weight excluding hydrogens is 1060 g/mol. The number of carbonyl (C=O) groups excluding carboxylic acids is 1. The van der Waals surface area contributed by atoms with Crippen LogP contribution in [0.2, 0.25) is 0 Å². The maximum Gasteiger partial charge on any atom is 0.335 e. The highest BCUT2D eigenvalue weighted by Gasteiger charge is 2.79. The van der Waals surface area contributed by atoms with Crippen LogP contribution in [0.15, 0.2) is 34.9 Å². The van der Waals surface area contributed by atoms with Gasteiger partial charge in [-0.15, -0.1) is 0 Å². The number of phenols is 2. The summed E-state index contributed by atoms with van der Waals surface area (Å²) < 4.78 is 29.0. The van der Waals surface area contributed by atoms with Crippen molar-refractivity contribution in [2.45, 2.75) is 247 Å². The molecule has 10 aliphatic carbocycles. The summed E-state index contributed by atoms with van der Waals surface area (Å²) in [7, 11) is 0. The quantitative estimate of drug-likeness (QED) is 0.0883. The lowest BCUT2D eigenvalue weighted by atomic mass is 9.38. The number of aliphatic hydroxyl groups is 4. The van der Waals surface area contributed by atoms with Gasteiger partial charge in [-0.25, -0.2) is 4.79 Å². The van der Waals surface area contributed by atoms with Crippen molar-refractivity contribution in [1.82, 2.24) is 10.9 Å². The van der Waals surface area contributed by atoms with E-state index in [0.29, 0.717) is 48.7 Å². The number of benzene rings is 2. The zero-order valence-corrected chi connectivity index (χ0v) is 49.8. The molecule has 16 rings (SSSR count). The van der Waals surface area contributed by atoms with Crippen LogP contribution in [0.1, 0.15) is 219 Å². The summed E-state index contributed by atoms with van der Waals surface area (Å²) >= 11 is 0. The Hall–Kier alpha value is -3.64. The molecule has 4 aliphatic heterocycles. The van der Waals surface area contributed by atoms with Gasteiger partial charge in [0, 0.05) is 47.1 Å². The summed E-state index contributed by atoms with van der Waals surface area (Å²) in [5.74, 6) is -3.10. The second-order valence-electron chi connectivity index (χ2n) is 31.6. The molecule has 9 N–H and O–H groups in total. The molecule has 9 spiro atoms. The SMILES string of the molecule is CC(=O)c1c(C)c(O)c2cc(C(=O)O)cc(OC3OC(CO)C4(CC5C6=C(CC=C6C6(CCCO)COCC7CC89CC5(NNC8CC5(CCCC58CCC5(CCCC5)C8)C9)C76)C5(CCCC6(CCC7(CCCC7)C6)C5)O4)C(O)C3O)c2c1O. The molecule has 12 fully saturated rings. The van der Waals surface area contributed by atoms with E-state index in [0.717, 1.165) is 57.4 Å². The van der Waals surface area contributed by atoms with Gasteiger partial charge in [0.2, 0.25) is 6.29 Å². The number of Topliss-reactive ketones (excluding diaryl/α,β-unsaturated/α-hetero) is 1. The molecule has 2 bridgehead atoms. The van der Waals surface area contributed by atoms with E-state index in [-0.39, 0.29) is 86.3 Å². The minimum Gasteiger partial charge on any atom is -0.507 e. The van der Waals surface area contributed by atoms with E-state index in [1.807, 2.05) is 0 Å². The zero-order valence-electron chi connectivity index (χ0n) is 49.8. The number of aromatic hydroxyl groups is 2. The molecule has 16 atom stereocenters. The number of aliphatic hydroxyl groups excluding tert-OH is 4. The molecule has 0 radical (unpaired) electrons. The Morgan fingerprint density at radius 1 is 0.786 bits per heavy atom. The van der Waals surface area contributed by atoms with Crippen molar-refractivity contribution in [3.05, 3.63) is 51.6 Å². The summed E-state index contributed by atoms with van der Waals surface area (Å²) in [6, 6.07) is 2.63. The number of ether oxygens (including phenoxy) is 4. The molecule has 16 unspecified atom stereocenters. The second-order valence-corrected chi connectivity index (χ2v) is 31.6. The van der Waals surface area contributed by atoms with Crippen molar-refractivity contribution in [3.63, 3.8) is 0 Å². The summed E-state index contributed by atoms with van der Waals surface area (Å²) in [5, 5.41) is 83.5. The number of phenolic OH excluding ortho intramolecular Hbond substituents is 2. The van der Waals surface area contributed by atoms with Crippen LogP contribution in [-0.2, 0) is 14.2 Å². The van der Waals surface area contributed by atoms with Gasteiger partial charge in [0.25, 0.3) is 0 Å². The minimum absolute atomic E-state index is 0.0111. The molecule has 14 aliphatic rings. The Balaban J connectivity index is 0.853. The maximum atomic E-state index is 13.8. The highest BCUT2D eigenvalue weighted by atomic mass is 16.7. The van der Waals surface area contributed by atoms with E-state index >= 15 is 0 Å². The first kappa shape index (κ1) is 55.7. The van der Waals surface area contributed by atoms with Gasteiger partial charge >= 0.3 is 5.97 Å². The lowest BCUT2D eigenvalue weighted by Gasteiger charge is -2.72. The van der Waals surface area contributed by atoms with Crippen LogP contribution in [0, 0.1) is 62.6 Å². The molecule has 2 aromatic carbocycles. The molecular formula is C69H92N2O13. The average Bonchev–Trinajstić information content (AvgIpc) is 1.38. The van der Waals surface area contributed by atoms with Gasteiger partial charge in [-0.1, -0.05) is 38.2 Å². The largest absolute Gasteiger partial charge is 0.507 e. The first-order chi connectivity index (χ1) is 40.3. The number of aromatic carboxylic acids is 1. The van der Waals surface area contributed by atoms with Crippen molar-refractivity contribution in [1.29, 1.82) is 0 Å². The molecule has 0 amide bonds. The molecule has 84 heavy (non-hydrogen) atoms. The Kier molecular flexibility index (Phi) is 12.4. The molecule has 2 aromatic rings. The van der Waals surface area contributed by atoms with Crippen molar-refractivity contribution in [2.75, 3.05) is 26.4 Å². The normalized spacial score (nSPS) is 45.4. The standard InChI is InChI=1S/C69H92N2O13/c1-39-50(40(2)74)54(76)51-43(53(39)75)26-41(58(79)80)27-47(51)82-59-55(77)57(78)69(49(31-73)83-59)29-46-52-44(10-11-45(52)67(84-69)20-7-16-62(35-67)22-21-60(33-62)12-3-4-13-60)66(19-9-25-72)38-81-32-42-28-63-36-65(30-48(63)70-71-68(46,37-63)56(42)66)18-8-17-64(65)24-23-61(34-64)14-5-6-15-61/h10,26-27,42,46,48-49,55-57,59,70-73,75-78H,3-9,11-25,28-38H2,1-2H3,(H,79,80). The first-order valence-corrected chi connectivity index (χ1v) is 33.2. The van der Waals surface area contributed by atoms with Crippen LogP contribution in [0.3, 0.4) is 0 Å². The first-order valence-electron chi connectivity index (χ1n) is 33.2. The number of nitrogens with one attached hydrogen (secondary N) is 2. The fourth-order valence-corrected chi connectivity index (χ4v) is 25.4. The van der Waals surface area contributed by atoms with E-state index < -0.39 is 76.6 Å². The minimum atomic E-state index is -1.83. The molecule has 9 saturated carbocycles. The van der Waals surface area contributed by atoms with Crippen LogP contribution in [0.4, 0.5) is 0 Å². The van der Waals surface area contributed by atoms with Gasteiger partial charge in [-0.3, -0.25) is 15.6 Å². The van der Waals surface area contributed by atoms with E-state index in [9.17, 15) is 45.3 Å². The third-order valence-electron chi connectivity index (χ3n) is 28.0. The fraction of sp³-hybridized carbons (Fsp3) is 0.768. The van der Waals surface area contributed by atoms with Crippen LogP contribution >= 0.6 is 0 Å². The third kappa shape index (κ3) is 7.31. The molecule has 3 saturated heterocycles. The van der Waals surface area contributed by atoms with Crippen molar-refractivity contribution in [3.8, 4) is 17.2 Å². The smallest absolute Gasteiger partial charge is 0.335 e. The topological polar surface area (TPSA) is 237 Å². The van der Waals surface area contributed by atoms with Crippen molar-refractivity contribution >= 4 is 22.5 Å². The number of ketones is 1. The van der Waals surface area contributed by atoms with Crippen LogP contribution in [0.25, 0.3) is 10.8 Å². The van der Waals surface area contributed by atoms with Crippen molar-refractivity contribution in [2.24, 2.45) is 55.7 Å². The van der Waals surface area contributed by atoms with Crippen LogP contribution in [0.5, 0.6) is 17.2 Å². The summed E-state index contributed by atoms with van der Waals surface area (Å²) in [6.45, 7) is 3.42. The number of hydrogen-bond acceptors (Lipinski definition) is 14. The molecule has 15 heteroatoms. The highest BCUT2D eigenvalue weighted by molar-refractivity contribution is 6.11. The van der Waals surface area contributed by atoms with Gasteiger partial charge in [-0.05, 0) is 241 Å². The summed E-state index contributed by atoms with van der Waals surface area (Å²) in [5.41, 5.74) is 9.88. The Morgan fingerprint density at radius 3 is 2.26 bits per heavy atom. The zero-order chi connectivity index (χ0) is 57.8. The molecule has 0 aromatic heterocycles. The fourth-order valence-electron chi connectivity index (χ4n) is 25.4. The van der Waals surface area contributed by atoms with Gasteiger partial charge in [-0.2, -0.15) is 0 Å². The number of fused-ring (bicyclic) bond motifs is 4. The maximum absolute atomic E-state index is 13.8. The van der Waals surface area contributed by atoms with Gasteiger partial charge in [0.15, 0.2) is 5.78 Å². The van der Waals surface area contributed by atoms with E-state index in [2.05, 4.69) is 16.9 Å². The third-order valence-corrected chi connectivity index (χ3v) is 28.0. The number of carbonyl (C=O) groups is 2. The van der Waals surface area contributed by atoms with Crippen molar-refractivity contribution < 1.29 is 64.3 Å². The van der Waals surface area contributed by atoms with Gasteiger partial charge in [0.05, 0.1) is 35.3 Å². The predicted molar refractivity (Wildman–Crippen MR) is 311 cm³/mol. The molecule has 15 nitrogen and oxygen atoms in total.